The molecule has 1 aliphatic rings. The van der Waals surface area contributed by atoms with Crippen molar-refractivity contribution in [1.29, 1.82) is 0 Å². The summed E-state index contributed by atoms with van der Waals surface area (Å²) in [5.41, 5.74) is 2.41. The van der Waals surface area contributed by atoms with E-state index >= 15 is 0 Å². The fraction of sp³-hybridized carbons (Fsp3) is 0.235. The fourth-order valence-electron chi connectivity index (χ4n) is 2.93. The molecule has 0 radical (unpaired) electrons. The Morgan fingerprint density at radius 2 is 1.89 bits per heavy atom. The van der Waals surface area contributed by atoms with Crippen molar-refractivity contribution in [3.8, 4) is 11.5 Å². The maximum absolute atomic E-state index is 12.6. The average Bonchev–Trinajstić information content (AvgIpc) is 3.22. The number of nitrogens with zero attached hydrogens (tertiary/aromatic N) is 5. The lowest BCUT2D eigenvalue weighted by Crippen LogP contribution is -2.15. The van der Waals surface area contributed by atoms with Gasteiger partial charge in [0.2, 0.25) is 5.82 Å². The Labute approximate surface area is 157 Å². The third-order valence-corrected chi connectivity index (χ3v) is 5.03. The van der Waals surface area contributed by atoms with Gasteiger partial charge in [-0.25, -0.2) is 14.5 Å². The zero-order valence-electron chi connectivity index (χ0n) is 14.5. The van der Waals surface area contributed by atoms with Crippen LogP contribution in [0.25, 0.3) is 16.0 Å². The number of rotatable bonds is 2. The lowest BCUT2D eigenvalue weighted by atomic mass is 10.3. The number of carbonyl (C=O) groups is 1. The lowest BCUT2D eigenvalue weighted by Gasteiger charge is -2.17. The van der Waals surface area contributed by atoms with Gasteiger partial charge in [-0.2, -0.15) is 4.98 Å². The van der Waals surface area contributed by atoms with Crippen molar-refractivity contribution in [2.45, 2.75) is 13.8 Å². The van der Waals surface area contributed by atoms with E-state index in [1.54, 1.807) is 4.52 Å². The number of anilines is 1. The fourth-order valence-corrected chi connectivity index (χ4v) is 3.81. The van der Waals surface area contributed by atoms with Crippen molar-refractivity contribution in [3.63, 3.8) is 0 Å². The smallest absolute Gasteiger partial charge is 0.297 e. The summed E-state index contributed by atoms with van der Waals surface area (Å²) in [5.74, 6) is 1.35. The van der Waals surface area contributed by atoms with Gasteiger partial charge in [0.25, 0.3) is 11.7 Å². The van der Waals surface area contributed by atoms with Crippen LogP contribution < -0.4 is 14.8 Å². The molecule has 0 saturated carbocycles. The molecule has 0 atom stereocenters. The number of hydrogen-bond acceptors (Lipinski definition) is 8. The molecule has 27 heavy (non-hydrogen) atoms. The summed E-state index contributed by atoms with van der Waals surface area (Å²) < 4.78 is 13.6. The van der Waals surface area contributed by atoms with Crippen molar-refractivity contribution < 1.29 is 14.3 Å². The van der Waals surface area contributed by atoms with Crippen LogP contribution in [0.3, 0.4) is 0 Å². The van der Waals surface area contributed by atoms with Gasteiger partial charge in [-0.15, -0.1) is 5.10 Å². The van der Waals surface area contributed by atoms with E-state index in [0.29, 0.717) is 35.6 Å². The Balaban J connectivity index is 1.46. The molecule has 0 saturated heterocycles. The summed E-state index contributed by atoms with van der Waals surface area (Å²) in [6.45, 7) is 4.79. The van der Waals surface area contributed by atoms with Crippen molar-refractivity contribution >= 4 is 38.4 Å². The third-order valence-electron chi connectivity index (χ3n) is 4.09. The summed E-state index contributed by atoms with van der Waals surface area (Å²) in [7, 11) is 0. The van der Waals surface area contributed by atoms with Crippen LogP contribution in [0, 0.1) is 13.8 Å². The van der Waals surface area contributed by atoms with E-state index in [4.69, 9.17) is 9.47 Å². The van der Waals surface area contributed by atoms with Gasteiger partial charge >= 0.3 is 0 Å². The van der Waals surface area contributed by atoms with E-state index in [2.05, 4.69) is 25.4 Å². The Morgan fingerprint density at radius 3 is 2.70 bits per heavy atom. The number of hydrogen-bond donors (Lipinski definition) is 1. The molecule has 3 aromatic heterocycles. The van der Waals surface area contributed by atoms with Crippen molar-refractivity contribution in [2.75, 3.05) is 18.5 Å². The summed E-state index contributed by atoms with van der Waals surface area (Å²) >= 11 is 1.35. The molecule has 9 nitrogen and oxygen atoms in total. The molecule has 1 aromatic carbocycles. The Morgan fingerprint density at radius 1 is 1.11 bits per heavy atom. The largest absolute Gasteiger partial charge is 0.486 e. The van der Waals surface area contributed by atoms with E-state index in [9.17, 15) is 4.79 Å². The first kappa shape index (κ1) is 15.9. The molecule has 0 spiro atoms. The van der Waals surface area contributed by atoms with E-state index in [0.717, 1.165) is 21.6 Å². The van der Waals surface area contributed by atoms with Crippen molar-refractivity contribution in [2.24, 2.45) is 0 Å². The molecule has 0 bridgehead atoms. The first-order chi connectivity index (χ1) is 13.1. The van der Waals surface area contributed by atoms with Crippen LogP contribution in [-0.4, -0.2) is 43.7 Å². The molecule has 5 rings (SSSR count). The molecular formula is C17H14N6O3S. The first-order valence-electron chi connectivity index (χ1n) is 8.29. The predicted molar refractivity (Wildman–Crippen MR) is 98.8 cm³/mol. The van der Waals surface area contributed by atoms with Crippen LogP contribution in [0.5, 0.6) is 11.5 Å². The quantitative estimate of drug-likeness (QED) is 0.568. The van der Waals surface area contributed by atoms with Gasteiger partial charge in [0.1, 0.15) is 13.2 Å². The molecule has 4 heterocycles. The number of amides is 1. The molecule has 4 aromatic rings. The number of aromatic nitrogens is 5. The van der Waals surface area contributed by atoms with E-state index in [1.807, 2.05) is 32.0 Å². The number of ether oxygens (including phenoxy) is 2. The highest BCUT2D eigenvalue weighted by Gasteiger charge is 2.19. The summed E-state index contributed by atoms with van der Waals surface area (Å²) in [6.07, 6.45) is 0. The minimum atomic E-state index is -0.436. The SMILES string of the molecule is Cc1cc(C)n2nc(C(=O)Nc3nc4cc5c(cc4s3)OCCO5)nc2n1. The van der Waals surface area contributed by atoms with Gasteiger partial charge in [-0.3, -0.25) is 10.1 Å². The zero-order chi connectivity index (χ0) is 18.5. The molecule has 0 aliphatic carbocycles. The number of nitrogens with one attached hydrogen (secondary N) is 1. The molecule has 0 fully saturated rings. The van der Waals surface area contributed by atoms with Crippen molar-refractivity contribution in [3.05, 3.63) is 35.4 Å². The number of carbonyl (C=O) groups excluding carboxylic acids is 1. The molecule has 1 amide bonds. The molecule has 1 aliphatic heterocycles. The standard InChI is InChI=1S/C17H14N6O3S/c1-8-5-9(2)23-16(18-8)20-14(22-23)15(24)21-17-19-10-6-11-12(7-13(10)27-17)26-4-3-25-11/h5-7H,3-4H2,1-2H3,(H,19,21,24). The molecule has 10 heteroatoms. The highest BCUT2D eigenvalue weighted by atomic mass is 32.1. The van der Waals surface area contributed by atoms with E-state index in [-0.39, 0.29) is 5.82 Å². The highest BCUT2D eigenvalue weighted by Crippen LogP contribution is 2.37. The molecular weight excluding hydrogens is 368 g/mol. The minimum Gasteiger partial charge on any atom is -0.486 e. The van der Waals surface area contributed by atoms with Gasteiger partial charge in [-0.1, -0.05) is 11.3 Å². The number of benzene rings is 1. The highest BCUT2D eigenvalue weighted by molar-refractivity contribution is 7.22. The van der Waals surface area contributed by atoms with Crippen LogP contribution in [0.4, 0.5) is 5.13 Å². The van der Waals surface area contributed by atoms with Gasteiger partial charge in [0.05, 0.1) is 10.2 Å². The number of fused-ring (bicyclic) bond motifs is 3. The van der Waals surface area contributed by atoms with Gasteiger partial charge < -0.3 is 9.47 Å². The van der Waals surface area contributed by atoms with E-state index < -0.39 is 5.91 Å². The number of thiazole rings is 1. The predicted octanol–water partition coefficient (Wildman–Crippen LogP) is 2.37. The van der Waals surface area contributed by atoms with Crippen LogP contribution in [0.15, 0.2) is 18.2 Å². The Kier molecular flexibility index (Phi) is 3.47. The second-order valence-electron chi connectivity index (χ2n) is 6.12. The maximum Gasteiger partial charge on any atom is 0.297 e. The van der Waals surface area contributed by atoms with Crippen LogP contribution >= 0.6 is 11.3 Å². The first-order valence-corrected chi connectivity index (χ1v) is 9.11. The average molecular weight is 382 g/mol. The monoisotopic (exact) mass is 382 g/mol. The van der Waals surface area contributed by atoms with Gasteiger partial charge in [0.15, 0.2) is 16.6 Å². The lowest BCUT2D eigenvalue weighted by molar-refractivity contribution is 0.101. The van der Waals surface area contributed by atoms with Gasteiger partial charge in [-0.05, 0) is 19.9 Å². The third kappa shape index (κ3) is 2.74. The summed E-state index contributed by atoms with van der Waals surface area (Å²) in [6, 6.07) is 5.56. The molecule has 0 unspecified atom stereocenters. The number of aryl methyl sites for hydroxylation is 2. The summed E-state index contributed by atoms with van der Waals surface area (Å²) in [5, 5.41) is 7.44. The van der Waals surface area contributed by atoms with Crippen LogP contribution in [-0.2, 0) is 0 Å². The second-order valence-corrected chi connectivity index (χ2v) is 7.15. The summed E-state index contributed by atoms with van der Waals surface area (Å²) in [4.78, 5) is 25.5. The minimum absolute atomic E-state index is 0.0430. The zero-order valence-corrected chi connectivity index (χ0v) is 15.3. The Hall–Kier alpha value is -3.27. The molecule has 136 valence electrons. The van der Waals surface area contributed by atoms with E-state index in [1.165, 1.54) is 11.3 Å². The second kappa shape index (κ2) is 5.88. The van der Waals surface area contributed by atoms with Crippen LogP contribution in [0.1, 0.15) is 22.0 Å². The van der Waals surface area contributed by atoms with Crippen molar-refractivity contribution in [1.82, 2.24) is 24.6 Å². The Bertz CT molecular complexity index is 1170. The van der Waals surface area contributed by atoms with Gasteiger partial charge in [0, 0.05) is 23.5 Å². The normalized spacial score (nSPS) is 13.3. The molecule has 1 N–H and O–H groups in total. The maximum atomic E-state index is 12.6. The topological polar surface area (TPSA) is 104 Å². The van der Waals surface area contributed by atoms with Crippen LogP contribution in [0.2, 0.25) is 0 Å².